The molecule has 0 aromatic heterocycles. The Balaban J connectivity index is 2.67. The van der Waals surface area contributed by atoms with E-state index >= 15 is 0 Å². The maximum absolute atomic E-state index is 10.6. The minimum Gasteiger partial charge on any atom is -0.508 e. The third-order valence-corrected chi connectivity index (χ3v) is 1.35. The molecule has 0 saturated heterocycles. The Labute approximate surface area is 52.9 Å². The molecule has 0 amide bonds. The minimum absolute atomic E-state index is 0.0440. The number of hydrogen-bond donors (Lipinski definition) is 1. The summed E-state index contributed by atoms with van der Waals surface area (Å²) in [6.07, 6.45) is 1.69. The Hall–Kier alpha value is -0.990. The van der Waals surface area contributed by atoms with Gasteiger partial charge < -0.3 is 9.84 Å². The van der Waals surface area contributed by atoms with Gasteiger partial charge in [0.05, 0.1) is 0 Å². The highest BCUT2D eigenvalue weighted by molar-refractivity contribution is 5.78. The first-order chi connectivity index (χ1) is 4.25. The summed E-state index contributed by atoms with van der Waals surface area (Å²) in [5.74, 6) is -0.720. The van der Waals surface area contributed by atoms with Crippen molar-refractivity contribution in [2.75, 3.05) is 0 Å². The second-order valence-electron chi connectivity index (χ2n) is 1.94. The molecule has 9 heavy (non-hydrogen) atoms. The molecule has 0 saturated carbocycles. The van der Waals surface area contributed by atoms with Crippen LogP contribution < -0.4 is 0 Å². The molecule has 0 aromatic rings. The summed E-state index contributed by atoms with van der Waals surface area (Å²) in [7, 11) is 0. The molecule has 0 radical (unpaired) electrons. The first-order valence-electron chi connectivity index (χ1n) is 2.85. The van der Waals surface area contributed by atoms with E-state index in [1.54, 1.807) is 0 Å². The van der Waals surface area contributed by atoms with Crippen molar-refractivity contribution in [3.8, 4) is 0 Å². The van der Waals surface area contributed by atoms with Crippen molar-refractivity contribution < 1.29 is 14.6 Å². The van der Waals surface area contributed by atoms with Crippen molar-refractivity contribution in [3.63, 3.8) is 0 Å². The SMILES string of the molecule is CCC1C(=O)OC=C1O. The molecule has 0 bridgehead atoms. The molecule has 50 valence electrons. The zero-order chi connectivity index (χ0) is 6.85. The molecule has 0 spiro atoms. The monoisotopic (exact) mass is 128 g/mol. The second-order valence-corrected chi connectivity index (χ2v) is 1.94. The number of ether oxygens (including phenoxy) is 1. The maximum Gasteiger partial charge on any atom is 0.321 e. The molecule has 3 nitrogen and oxygen atoms in total. The Morgan fingerprint density at radius 2 is 2.56 bits per heavy atom. The number of rotatable bonds is 1. The van der Waals surface area contributed by atoms with Crippen LogP contribution >= 0.6 is 0 Å². The van der Waals surface area contributed by atoms with E-state index in [0.717, 1.165) is 6.26 Å². The predicted octanol–water partition coefficient (Wildman–Crippen LogP) is 0.969. The van der Waals surface area contributed by atoms with Gasteiger partial charge in [-0.25, -0.2) is 0 Å². The highest BCUT2D eigenvalue weighted by Crippen LogP contribution is 2.20. The maximum atomic E-state index is 10.6. The van der Waals surface area contributed by atoms with Crippen LogP contribution in [-0.4, -0.2) is 11.1 Å². The lowest BCUT2D eigenvalue weighted by Gasteiger charge is -1.99. The average Bonchev–Trinajstić information content (AvgIpc) is 2.12. The van der Waals surface area contributed by atoms with Gasteiger partial charge >= 0.3 is 5.97 Å². The van der Waals surface area contributed by atoms with Crippen molar-refractivity contribution in [2.45, 2.75) is 13.3 Å². The lowest BCUT2D eigenvalue weighted by atomic mass is 10.1. The van der Waals surface area contributed by atoms with Crippen molar-refractivity contribution >= 4 is 5.97 Å². The molecule has 0 fully saturated rings. The van der Waals surface area contributed by atoms with Gasteiger partial charge in [0.2, 0.25) is 0 Å². The molecule has 3 heteroatoms. The van der Waals surface area contributed by atoms with E-state index < -0.39 is 5.92 Å². The molecule has 1 aliphatic rings. The van der Waals surface area contributed by atoms with Crippen LogP contribution in [0.4, 0.5) is 0 Å². The fraction of sp³-hybridized carbons (Fsp3) is 0.500. The summed E-state index contributed by atoms with van der Waals surface area (Å²) in [4.78, 5) is 10.6. The second kappa shape index (κ2) is 2.09. The highest BCUT2D eigenvalue weighted by Gasteiger charge is 2.27. The Morgan fingerprint density at radius 3 is 2.78 bits per heavy atom. The van der Waals surface area contributed by atoms with Crippen LogP contribution in [-0.2, 0) is 9.53 Å². The van der Waals surface area contributed by atoms with E-state index in [1.807, 2.05) is 6.92 Å². The topological polar surface area (TPSA) is 46.5 Å². The van der Waals surface area contributed by atoms with Gasteiger partial charge in [0, 0.05) is 0 Å². The van der Waals surface area contributed by atoms with Crippen LogP contribution in [0.5, 0.6) is 0 Å². The van der Waals surface area contributed by atoms with Crippen LogP contribution in [0.1, 0.15) is 13.3 Å². The lowest BCUT2D eigenvalue weighted by molar-refractivity contribution is -0.139. The number of carbonyl (C=O) groups excluding carboxylic acids is 1. The van der Waals surface area contributed by atoms with Crippen molar-refractivity contribution in [2.24, 2.45) is 5.92 Å². The number of esters is 1. The number of carbonyl (C=O) groups is 1. The largest absolute Gasteiger partial charge is 0.508 e. The molecule has 1 N–H and O–H groups in total. The summed E-state index contributed by atoms with van der Waals surface area (Å²) < 4.78 is 4.42. The average molecular weight is 128 g/mol. The van der Waals surface area contributed by atoms with Gasteiger partial charge in [-0.15, -0.1) is 0 Å². The van der Waals surface area contributed by atoms with Crippen LogP contribution in [0.15, 0.2) is 12.0 Å². The normalized spacial score (nSPS) is 25.7. The van der Waals surface area contributed by atoms with Crippen molar-refractivity contribution in [3.05, 3.63) is 12.0 Å². The summed E-state index contributed by atoms with van der Waals surface area (Å²) in [5, 5.41) is 8.87. The van der Waals surface area contributed by atoms with Crippen molar-refractivity contribution in [1.29, 1.82) is 0 Å². The summed E-state index contributed by atoms with van der Waals surface area (Å²) in [5.41, 5.74) is 0. The Morgan fingerprint density at radius 1 is 1.89 bits per heavy atom. The van der Waals surface area contributed by atoms with Crippen LogP contribution in [0.25, 0.3) is 0 Å². The summed E-state index contributed by atoms with van der Waals surface area (Å²) >= 11 is 0. The molecule has 1 aliphatic heterocycles. The molecule has 0 aliphatic carbocycles. The van der Waals surface area contributed by atoms with Crippen LogP contribution in [0, 0.1) is 5.92 Å². The zero-order valence-corrected chi connectivity index (χ0v) is 5.13. The van der Waals surface area contributed by atoms with E-state index in [0.29, 0.717) is 6.42 Å². The number of aliphatic hydroxyl groups excluding tert-OH is 1. The van der Waals surface area contributed by atoms with E-state index in [1.165, 1.54) is 0 Å². The molecule has 1 unspecified atom stereocenters. The quantitative estimate of drug-likeness (QED) is 0.535. The zero-order valence-electron chi connectivity index (χ0n) is 5.13. The van der Waals surface area contributed by atoms with Gasteiger partial charge in [-0.05, 0) is 6.42 Å². The van der Waals surface area contributed by atoms with E-state index in [-0.39, 0.29) is 11.7 Å². The standard InChI is InChI=1S/C6H8O3/c1-2-4-5(7)3-9-6(4)8/h3-4,7H,2H2,1H3. The fourth-order valence-electron chi connectivity index (χ4n) is 0.779. The van der Waals surface area contributed by atoms with Gasteiger partial charge in [0.15, 0.2) is 0 Å². The smallest absolute Gasteiger partial charge is 0.321 e. The van der Waals surface area contributed by atoms with Gasteiger partial charge in [-0.2, -0.15) is 0 Å². The molecular formula is C6H8O3. The highest BCUT2D eigenvalue weighted by atomic mass is 16.5. The molecule has 0 aromatic carbocycles. The van der Waals surface area contributed by atoms with Crippen LogP contribution in [0.2, 0.25) is 0 Å². The van der Waals surface area contributed by atoms with Gasteiger partial charge in [-0.1, -0.05) is 6.92 Å². The third-order valence-electron chi connectivity index (χ3n) is 1.35. The molecule has 1 atom stereocenters. The van der Waals surface area contributed by atoms with Gasteiger partial charge in [0.1, 0.15) is 17.9 Å². The van der Waals surface area contributed by atoms with Crippen LogP contribution in [0.3, 0.4) is 0 Å². The first-order valence-corrected chi connectivity index (χ1v) is 2.85. The number of hydrogen-bond acceptors (Lipinski definition) is 3. The summed E-state index contributed by atoms with van der Waals surface area (Å²) in [6.45, 7) is 1.82. The number of aliphatic hydroxyl groups is 1. The lowest BCUT2D eigenvalue weighted by Crippen LogP contribution is -2.09. The third kappa shape index (κ3) is 0.896. The Kier molecular flexibility index (Phi) is 1.42. The Bertz CT molecular complexity index is 160. The first kappa shape index (κ1) is 6.13. The summed E-state index contributed by atoms with van der Waals surface area (Å²) in [6, 6.07) is 0. The fourth-order valence-corrected chi connectivity index (χ4v) is 0.779. The number of cyclic esters (lactones) is 1. The molecular weight excluding hydrogens is 120 g/mol. The van der Waals surface area contributed by atoms with E-state index in [2.05, 4.69) is 4.74 Å². The predicted molar refractivity (Wildman–Crippen MR) is 30.6 cm³/mol. The van der Waals surface area contributed by atoms with Gasteiger partial charge in [-0.3, -0.25) is 4.79 Å². The van der Waals surface area contributed by atoms with Crippen molar-refractivity contribution in [1.82, 2.24) is 0 Å². The van der Waals surface area contributed by atoms with E-state index in [9.17, 15) is 4.79 Å². The molecule has 1 heterocycles. The van der Waals surface area contributed by atoms with E-state index in [4.69, 9.17) is 5.11 Å². The van der Waals surface area contributed by atoms with Gasteiger partial charge in [0.25, 0.3) is 0 Å². The molecule has 1 rings (SSSR count). The minimum atomic E-state index is -0.412.